The predicted molar refractivity (Wildman–Crippen MR) is 132 cm³/mol. The first-order valence-corrected chi connectivity index (χ1v) is 12.2. The summed E-state index contributed by atoms with van der Waals surface area (Å²) in [5, 5.41) is 17.8. The highest BCUT2D eigenvalue weighted by Gasteiger charge is 2.47. The average molecular weight is 524 g/mol. The van der Waals surface area contributed by atoms with Gasteiger partial charge in [0.05, 0.1) is 10.6 Å². The van der Waals surface area contributed by atoms with Gasteiger partial charge in [0.15, 0.2) is 0 Å². The van der Waals surface area contributed by atoms with Crippen LogP contribution in [0.3, 0.4) is 0 Å². The van der Waals surface area contributed by atoms with Gasteiger partial charge in [-0.25, -0.2) is 9.79 Å². The number of amidine groups is 1. The number of nitrogens with one attached hydrogen (secondary N) is 3. The lowest BCUT2D eigenvalue weighted by molar-refractivity contribution is -0.148. The maximum atomic E-state index is 14.4. The number of fused-ring (bicyclic) bond motifs is 1. The van der Waals surface area contributed by atoms with Gasteiger partial charge in [-0.15, -0.1) is 0 Å². The van der Waals surface area contributed by atoms with Crippen molar-refractivity contribution in [3.05, 3.63) is 71.0 Å². The fourth-order valence-corrected chi connectivity index (χ4v) is 4.94. The van der Waals surface area contributed by atoms with Crippen molar-refractivity contribution in [3.63, 3.8) is 0 Å². The van der Waals surface area contributed by atoms with Gasteiger partial charge in [-0.1, -0.05) is 31.5 Å². The average Bonchev–Trinajstić information content (AvgIpc) is 3.56. The molecule has 0 amide bonds. The Morgan fingerprint density at radius 1 is 1.39 bits per heavy atom. The summed E-state index contributed by atoms with van der Waals surface area (Å²) in [6, 6.07) is -2.26. The van der Waals surface area contributed by atoms with Crippen LogP contribution in [-0.4, -0.2) is 46.7 Å². The summed E-state index contributed by atoms with van der Waals surface area (Å²) >= 11 is 6.20. The summed E-state index contributed by atoms with van der Waals surface area (Å²) in [4.78, 5) is 17.5. The lowest BCUT2D eigenvalue weighted by Gasteiger charge is -2.36. The molecule has 4 N–H and O–H groups in total. The number of halogens is 4. The van der Waals surface area contributed by atoms with Crippen molar-refractivity contribution in [2.45, 2.75) is 57.4 Å². The van der Waals surface area contributed by atoms with Gasteiger partial charge in [0.25, 0.3) is 0 Å². The van der Waals surface area contributed by atoms with Gasteiger partial charge in [0.1, 0.15) is 23.9 Å². The lowest BCUT2D eigenvalue weighted by Crippen LogP contribution is -2.57. The third-order valence-electron chi connectivity index (χ3n) is 6.73. The lowest BCUT2D eigenvalue weighted by atomic mass is 9.96. The van der Waals surface area contributed by atoms with E-state index in [1.807, 2.05) is 0 Å². The Labute approximate surface area is 212 Å². The maximum absolute atomic E-state index is 14.4. The molecule has 3 heterocycles. The molecular formula is C25H29ClF3N5O2. The summed E-state index contributed by atoms with van der Waals surface area (Å²) in [7, 11) is 0. The van der Waals surface area contributed by atoms with Crippen LogP contribution in [0.2, 0.25) is 0 Å². The van der Waals surface area contributed by atoms with Crippen molar-refractivity contribution >= 4 is 23.4 Å². The number of alkyl halides is 3. The molecule has 1 aliphatic carbocycles. The Morgan fingerprint density at radius 3 is 2.78 bits per heavy atom. The van der Waals surface area contributed by atoms with E-state index in [0.29, 0.717) is 23.5 Å². The van der Waals surface area contributed by atoms with Crippen molar-refractivity contribution in [2.75, 3.05) is 6.54 Å². The van der Waals surface area contributed by atoms with Crippen LogP contribution in [0, 0.1) is 5.41 Å². The SMILES string of the molecule is C=C1C=C(NCCC2(CCC)CC2)N=C2C(C(NC3NC=CC=C3C(=O)O)C(F)(F)F)=CC(Cl)=CN12. The van der Waals surface area contributed by atoms with Crippen LogP contribution in [0.1, 0.15) is 39.0 Å². The molecule has 2 unspecified atom stereocenters. The number of hydrogen-bond donors (Lipinski definition) is 4. The molecule has 4 aliphatic rings. The zero-order chi connectivity index (χ0) is 26.1. The topological polar surface area (TPSA) is 89.0 Å². The maximum Gasteiger partial charge on any atom is 0.408 e. The van der Waals surface area contributed by atoms with E-state index in [1.54, 1.807) is 6.08 Å². The van der Waals surface area contributed by atoms with E-state index in [2.05, 4.69) is 34.4 Å². The zero-order valence-electron chi connectivity index (χ0n) is 19.8. The quantitative estimate of drug-likeness (QED) is 0.334. The molecule has 0 bridgehead atoms. The standard InChI is InChI=1S/C25H29ClF3N5O2/c1-3-6-24(7-8-24)9-11-30-19-12-15(2)34-14-16(26)13-18(22(34)32-19)20(25(27,28)29)33-21-17(23(35)36)5-4-10-31-21/h4-5,10,12-14,20-21,30-31,33H,2-3,6-9,11H2,1H3,(H,35,36). The molecule has 2 atom stereocenters. The van der Waals surface area contributed by atoms with E-state index in [9.17, 15) is 23.1 Å². The number of hydrogen-bond acceptors (Lipinski definition) is 6. The van der Waals surface area contributed by atoms with E-state index < -0.39 is 24.4 Å². The number of dihydropyridines is 1. The molecule has 3 aliphatic heterocycles. The van der Waals surface area contributed by atoms with Gasteiger partial charge < -0.3 is 20.6 Å². The number of carbonyl (C=O) groups is 1. The van der Waals surface area contributed by atoms with Crippen molar-refractivity contribution < 1.29 is 23.1 Å². The second kappa shape index (κ2) is 10.2. The Kier molecular flexibility index (Phi) is 7.38. The van der Waals surface area contributed by atoms with Gasteiger partial charge in [-0.3, -0.25) is 5.32 Å². The van der Waals surface area contributed by atoms with E-state index in [0.717, 1.165) is 19.3 Å². The Hall–Kier alpha value is -2.98. The van der Waals surface area contributed by atoms with Gasteiger partial charge in [-0.05, 0) is 55.5 Å². The molecule has 36 heavy (non-hydrogen) atoms. The number of allylic oxidation sites excluding steroid dienone is 5. The smallest absolute Gasteiger partial charge is 0.408 e. The summed E-state index contributed by atoms with van der Waals surface area (Å²) in [5.41, 5.74) is 0.280. The minimum absolute atomic E-state index is 0.0196. The molecule has 1 saturated carbocycles. The van der Waals surface area contributed by atoms with E-state index in [4.69, 9.17) is 11.6 Å². The van der Waals surface area contributed by atoms with E-state index in [-0.39, 0.29) is 22.0 Å². The summed E-state index contributed by atoms with van der Waals surface area (Å²) in [6.45, 7) is 6.79. The molecule has 4 rings (SSSR count). The zero-order valence-corrected chi connectivity index (χ0v) is 20.6. The minimum Gasteiger partial charge on any atom is -0.478 e. The Bertz CT molecular complexity index is 1120. The highest BCUT2D eigenvalue weighted by Crippen LogP contribution is 2.52. The molecule has 7 nitrogen and oxygen atoms in total. The molecule has 0 radical (unpaired) electrons. The van der Waals surface area contributed by atoms with Gasteiger partial charge in [-0.2, -0.15) is 13.2 Å². The Morgan fingerprint density at radius 2 is 2.14 bits per heavy atom. The van der Waals surface area contributed by atoms with Crippen molar-refractivity contribution in [3.8, 4) is 0 Å². The number of rotatable bonds is 10. The van der Waals surface area contributed by atoms with Crippen molar-refractivity contribution in [1.29, 1.82) is 0 Å². The summed E-state index contributed by atoms with van der Waals surface area (Å²) in [6.07, 6.45) is 7.93. The molecular weight excluding hydrogens is 495 g/mol. The fourth-order valence-electron chi connectivity index (χ4n) is 4.73. The van der Waals surface area contributed by atoms with Crippen LogP contribution in [-0.2, 0) is 4.79 Å². The molecule has 194 valence electrons. The van der Waals surface area contributed by atoms with Gasteiger partial charge in [0, 0.05) is 30.1 Å². The largest absolute Gasteiger partial charge is 0.478 e. The molecule has 11 heteroatoms. The van der Waals surface area contributed by atoms with Crippen LogP contribution in [0.15, 0.2) is 76.0 Å². The molecule has 0 aromatic heterocycles. The normalized spacial score (nSPS) is 23.4. The monoisotopic (exact) mass is 523 g/mol. The number of aliphatic imine (C=N–C) groups is 1. The van der Waals surface area contributed by atoms with Crippen LogP contribution in [0.5, 0.6) is 0 Å². The molecule has 0 aromatic rings. The molecule has 0 aromatic carbocycles. The molecule has 0 saturated heterocycles. The predicted octanol–water partition coefficient (Wildman–Crippen LogP) is 4.61. The first-order chi connectivity index (χ1) is 17.0. The fraction of sp³-hybridized carbons (Fsp3) is 0.440. The van der Waals surface area contributed by atoms with Crippen LogP contribution in [0.4, 0.5) is 13.2 Å². The first kappa shape index (κ1) is 26.1. The van der Waals surface area contributed by atoms with Crippen LogP contribution in [0.25, 0.3) is 0 Å². The Balaban J connectivity index is 1.59. The number of nitrogens with zero attached hydrogens (tertiary/aromatic N) is 2. The number of aliphatic carboxylic acids is 1. The van der Waals surface area contributed by atoms with Crippen LogP contribution >= 0.6 is 11.6 Å². The first-order valence-electron chi connectivity index (χ1n) is 11.8. The van der Waals surface area contributed by atoms with Crippen molar-refractivity contribution in [1.82, 2.24) is 20.9 Å². The minimum atomic E-state index is -4.78. The third-order valence-corrected chi connectivity index (χ3v) is 6.94. The second-order valence-electron chi connectivity index (χ2n) is 9.39. The number of carboxylic acid groups (broad SMARTS) is 1. The van der Waals surface area contributed by atoms with Gasteiger partial charge in [0.2, 0.25) is 0 Å². The molecule has 0 spiro atoms. The second-order valence-corrected chi connectivity index (χ2v) is 9.83. The third kappa shape index (κ3) is 5.70. The summed E-state index contributed by atoms with van der Waals surface area (Å²) in [5.74, 6) is -0.899. The summed E-state index contributed by atoms with van der Waals surface area (Å²) < 4.78 is 43.1. The van der Waals surface area contributed by atoms with E-state index >= 15 is 0 Å². The van der Waals surface area contributed by atoms with Crippen LogP contribution < -0.4 is 16.0 Å². The number of carboxylic acids is 1. The highest BCUT2D eigenvalue weighted by molar-refractivity contribution is 6.32. The van der Waals surface area contributed by atoms with Gasteiger partial charge >= 0.3 is 12.1 Å². The van der Waals surface area contributed by atoms with Crippen molar-refractivity contribution in [2.24, 2.45) is 10.4 Å². The van der Waals surface area contributed by atoms with E-state index in [1.165, 1.54) is 48.4 Å². The molecule has 1 fully saturated rings. The highest BCUT2D eigenvalue weighted by atomic mass is 35.5.